The largest absolute Gasteiger partial charge is 0.339 e. The van der Waals surface area contributed by atoms with Gasteiger partial charge in [0.1, 0.15) is 0 Å². The second kappa shape index (κ2) is 5.48. The molecule has 1 saturated carbocycles. The van der Waals surface area contributed by atoms with Gasteiger partial charge in [-0.2, -0.15) is 20.4 Å². The normalized spacial score (nSPS) is 23.0. The van der Waals surface area contributed by atoms with Crippen LogP contribution < -0.4 is 5.32 Å². The minimum absolute atomic E-state index is 0.319. The molecule has 0 saturated heterocycles. The molecule has 7 nitrogen and oxygen atoms in total. The maximum Gasteiger partial charge on any atom is 0.231 e. The third-order valence-electron chi connectivity index (χ3n) is 3.58. The van der Waals surface area contributed by atoms with Gasteiger partial charge >= 0.3 is 0 Å². The lowest BCUT2D eigenvalue weighted by atomic mass is 10.0. The van der Waals surface area contributed by atoms with Gasteiger partial charge in [0.25, 0.3) is 0 Å². The molecule has 0 aliphatic heterocycles. The van der Waals surface area contributed by atoms with Crippen LogP contribution in [0.2, 0.25) is 0 Å². The minimum Gasteiger partial charge on any atom is -0.339 e. The first-order valence-corrected chi connectivity index (χ1v) is 6.81. The van der Waals surface area contributed by atoms with Gasteiger partial charge in [0.2, 0.25) is 11.7 Å². The van der Waals surface area contributed by atoms with Gasteiger partial charge in [-0.25, -0.2) is 0 Å². The highest BCUT2D eigenvalue weighted by atomic mass is 16.5. The molecule has 2 aromatic rings. The molecular formula is C12H18N6O. The second-order valence-electron chi connectivity index (χ2n) is 4.91. The Morgan fingerprint density at radius 2 is 2.42 bits per heavy atom. The molecule has 2 unspecified atom stereocenters. The molecule has 2 heterocycles. The molecule has 102 valence electrons. The number of H-pyrrole nitrogens is 1. The van der Waals surface area contributed by atoms with Crippen molar-refractivity contribution in [3.63, 3.8) is 0 Å². The summed E-state index contributed by atoms with van der Waals surface area (Å²) in [6.45, 7) is 3.21. The number of rotatable bonds is 5. The Balaban J connectivity index is 1.75. The summed E-state index contributed by atoms with van der Waals surface area (Å²) >= 11 is 0. The molecule has 2 aromatic heterocycles. The molecule has 2 atom stereocenters. The van der Waals surface area contributed by atoms with Crippen molar-refractivity contribution in [1.29, 1.82) is 0 Å². The van der Waals surface area contributed by atoms with E-state index in [1.807, 2.05) is 0 Å². The summed E-state index contributed by atoms with van der Waals surface area (Å²) in [7, 11) is 0. The van der Waals surface area contributed by atoms with Crippen molar-refractivity contribution in [2.75, 3.05) is 6.54 Å². The standard InChI is InChI=1S/C12H18N6O/c1-2-6-13-9-5-3-4-8(9)12-15-11(17-19-12)10-7-14-18-16-10/h7-9,13H,2-6H2,1H3,(H,14,16,18). The van der Waals surface area contributed by atoms with E-state index in [1.165, 1.54) is 12.8 Å². The van der Waals surface area contributed by atoms with Crippen molar-refractivity contribution in [3.8, 4) is 11.5 Å². The molecule has 0 radical (unpaired) electrons. The average molecular weight is 262 g/mol. The Labute approximate surface area is 111 Å². The lowest BCUT2D eigenvalue weighted by molar-refractivity contribution is 0.330. The summed E-state index contributed by atoms with van der Waals surface area (Å²) in [6.07, 6.45) is 6.20. The average Bonchev–Trinajstić information content (AvgIpc) is 3.14. The van der Waals surface area contributed by atoms with Gasteiger partial charge in [0.05, 0.1) is 12.1 Å². The quantitative estimate of drug-likeness (QED) is 0.848. The first-order valence-electron chi connectivity index (χ1n) is 6.81. The maximum atomic E-state index is 5.40. The Morgan fingerprint density at radius 3 is 3.21 bits per heavy atom. The zero-order valence-corrected chi connectivity index (χ0v) is 11.0. The van der Waals surface area contributed by atoms with Crippen molar-refractivity contribution in [2.45, 2.75) is 44.6 Å². The van der Waals surface area contributed by atoms with Crippen LogP contribution in [0.15, 0.2) is 10.7 Å². The Hall–Kier alpha value is -1.76. The van der Waals surface area contributed by atoms with Gasteiger partial charge in [0.15, 0.2) is 5.69 Å². The molecule has 19 heavy (non-hydrogen) atoms. The smallest absolute Gasteiger partial charge is 0.231 e. The fourth-order valence-electron chi connectivity index (χ4n) is 2.63. The molecule has 0 spiro atoms. The predicted octanol–water partition coefficient (Wildman–Crippen LogP) is 1.49. The number of aromatic nitrogens is 5. The van der Waals surface area contributed by atoms with Crippen LogP contribution in [0, 0.1) is 0 Å². The molecule has 1 aliphatic carbocycles. The summed E-state index contributed by atoms with van der Waals surface area (Å²) in [5.74, 6) is 1.54. The molecular weight excluding hydrogens is 244 g/mol. The SMILES string of the molecule is CCCNC1CCCC1c1nc(-c2cn[nH]n2)no1. The van der Waals surface area contributed by atoms with Gasteiger partial charge in [-0.3, -0.25) is 0 Å². The van der Waals surface area contributed by atoms with Crippen LogP contribution in [-0.4, -0.2) is 38.1 Å². The van der Waals surface area contributed by atoms with Crippen molar-refractivity contribution >= 4 is 0 Å². The van der Waals surface area contributed by atoms with Gasteiger partial charge in [-0.15, -0.1) is 0 Å². The van der Waals surface area contributed by atoms with Crippen molar-refractivity contribution in [2.24, 2.45) is 0 Å². The van der Waals surface area contributed by atoms with Crippen LogP contribution in [0.5, 0.6) is 0 Å². The topological polar surface area (TPSA) is 92.5 Å². The third kappa shape index (κ3) is 2.51. The highest BCUT2D eigenvalue weighted by Crippen LogP contribution is 2.34. The fourth-order valence-corrected chi connectivity index (χ4v) is 2.63. The van der Waals surface area contributed by atoms with E-state index in [1.54, 1.807) is 6.20 Å². The number of aromatic amines is 1. The van der Waals surface area contributed by atoms with E-state index < -0.39 is 0 Å². The van der Waals surface area contributed by atoms with Crippen LogP contribution in [0.4, 0.5) is 0 Å². The highest BCUT2D eigenvalue weighted by molar-refractivity contribution is 5.44. The summed E-state index contributed by atoms with van der Waals surface area (Å²) < 4.78 is 5.40. The van der Waals surface area contributed by atoms with E-state index in [0.29, 0.717) is 29.4 Å². The zero-order valence-electron chi connectivity index (χ0n) is 11.0. The molecule has 0 aromatic carbocycles. The van der Waals surface area contributed by atoms with Gasteiger partial charge < -0.3 is 9.84 Å². The Bertz CT molecular complexity index is 508. The van der Waals surface area contributed by atoms with Crippen LogP contribution in [-0.2, 0) is 0 Å². The predicted molar refractivity (Wildman–Crippen MR) is 68.3 cm³/mol. The molecule has 1 aliphatic rings. The van der Waals surface area contributed by atoms with E-state index in [2.05, 4.69) is 37.8 Å². The highest BCUT2D eigenvalue weighted by Gasteiger charge is 2.32. The zero-order chi connectivity index (χ0) is 13.1. The van der Waals surface area contributed by atoms with Crippen LogP contribution in [0.3, 0.4) is 0 Å². The van der Waals surface area contributed by atoms with Crippen LogP contribution in [0.25, 0.3) is 11.5 Å². The van der Waals surface area contributed by atoms with Gasteiger partial charge in [-0.1, -0.05) is 18.5 Å². The molecule has 1 fully saturated rings. The lowest BCUT2D eigenvalue weighted by Gasteiger charge is -2.17. The van der Waals surface area contributed by atoms with Crippen molar-refractivity contribution < 1.29 is 4.52 Å². The first-order chi connectivity index (χ1) is 9.38. The molecule has 3 rings (SSSR count). The lowest BCUT2D eigenvalue weighted by Crippen LogP contribution is -2.31. The number of nitrogens with zero attached hydrogens (tertiary/aromatic N) is 4. The number of hydrogen-bond acceptors (Lipinski definition) is 6. The van der Waals surface area contributed by atoms with Crippen molar-refractivity contribution in [3.05, 3.63) is 12.1 Å². The first kappa shape index (κ1) is 12.3. The molecule has 0 amide bonds. The van der Waals surface area contributed by atoms with E-state index in [0.717, 1.165) is 19.4 Å². The fraction of sp³-hybridized carbons (Fsp3) is 0.667. The van der Waals surface area contributed by atoms with Gasteiger partial charge in [0, 0.05) is 6.04 Å². The summed E-state index contributed by atoms with van der Waals surface area (Å²) in [4.78, 5) is 4.45. The maximum absolute atomic E-state index is 5.40. The Morgan fingerprint density at radius 1 is 1.47 bits per heavy atom. The van der Waals surface area contributed by atoms with Gasteiger partial charge in [-0.05, 0) is 25.8 Å². The third-order valence-corrected chi connectivity index (χ3v) is 3.58. The summed E-state index contributed by atoms with van der Waals surface area (Å²) in [6, 6.07) is 0.450. The molecule has 2 N–H and O–H groups in total. The summed E-state index contributed by atoms with van der Waals surface area (Å²) in [5, 5.41) is 17.8. The molecule has 7 heteroatoms. The van der Waals surface area contributed by atoms with E-state index in [9.17, 15) is 0 Å². The van der Waals surface area contributed by atoms with E-state index in [-0.39, 0.29) is 0 Å². The number of nitrogens with one attached hydrogen (secondary N) is 2. The van der Waals surface area contributed by atoms with Crippen LogP contribution in [0.1, 0.15) is 44.4 Å². The second-order valence-corrected chi connectivity index (χ2v) is 4.91. The van der Waals surface area contributed by atoms with Crippen molar-refractivity contribution in [1.82, 2.24) is 30.9 Å². The monoisotopic (exact) mass is 262 g/mol. The number of hydrogen-bond donors (Lipinski definition) is 2. The summed E-state index contributed by atoms with van der Waals surface area (Å²) in [5.41, 5.74) is 0.617. The van der Waals surface area contributed by atoms with E-state index >= 15 is 0 Å². The Kier molecular flexibility index (Phi) is 3.54. The van der Waals surface area contributed by atoms with E-state index in [4.69, 9.17) is 4.52 Å². The van der Waals surface area contributed by atoms with Crippen LogP contribution >= 0.6 is 0 Å². The molecule has 0 bridgehead atoms. The minimum atomic E-state index is 0.319.